The molecule has 1 atom stereocenters. The van der Waals surface area contributed by atoms with Crippen LogP contribution in [-0.4, -0.2) is 18.5 Å². The van der Waals surface area contributed by atoms with E-state index in [2.05, 4.69) is 5.32 Å². The van der Waals surface area contributed by atoms with Crippen LogP contribution in [0.1, 0.15) is 38.2 Å². The molecule has 1 unspecified atom stereocenters. The number of nitrogens with two attached hydrogens (primary N) is 1. The highest BCUT2D eigenvalue weighted by atomic mass is 19.1. The number of nitrogens with one attached hydrogen (secondary N) is 1. The standard InChI is InChI=1S/C15H21FN2O/c1-11(17)2-7-14(19)18-10-15(8-9-15)12-3-5-13(16)6-4-12/h3-6,11H,2,7-10,17H2,1H3,(H,18,19). The predicted molar refractivity (Wildman–Crippen MR) is 73.2 cm³/mol. The number of carbonyl (C=O) groups is 1. The molecule has 3 N–H and O–H groups in total. The van der Waals surface area contributed by atoms with Gasteiger partial charge >= 0.3 is 0 Å². The van der Waals surface area contributed by atoms with Crippen molar-refractivity contribution >= 4 is 5.91 Å². The molecule has 0 radical (unpaired) electrons. The van der Waals surface area contributed by atoms with Gasteiger partial charge in [-0.25, -0.2) is 4.39 Å². The van der Waals surface area contributed by atoms with Crippen LogP contribution >= 0.6 is 0 Å². The molecule has 19 heavy (non-hydrogen) atoms. The summed E-state index contributed by atoms with van der Waals surface area (Å²) >= 11 is 0. The maximum atomic E-state index is 12.9. The maximum absolute atomic E-state index is 12.9. The zero-order chi connectivity index (χ0) is 13.9. The average molecular weight is 264 g/mol. The summed E-state index contributed by atoms with van der Waals surface area (Å²) in [5, 5.41) is 2.97. The predicted octanol–water partition coefficient (Wildman–Crippen LogP) is 2.10. The van der Waals surface area contributed by atoms with Crippen molar-refractivity contribution in [2.45, 2.75) is 44.1 Å². The van der Waals surface area contributed by atoms with E-state index in [1.807, 2.05) is 19.1 Å². The van der Waals surface area contributed by atoms with E-state index in [0.29, 0.717) is 19.4 Å². The second-order valence-electron chi connectivity index (χ2n) is 5.58. The number of carbonyl (C=O) groups excluding carboxylic acids is 1. The zero-order valence-electron chi connectivity index (χ0n) is 11.3. The van der Waals surface area contributed by atoms with E-state index in [0.717, 1.165) is 18.4 Å². The van der Waals surface area contributed by atoms with Crippen LogP contribution in [0.4, 0.5) is 4.39 Å². The van der Waals surface area contributed by atoms with Crippen molar-refractivity contribution in [3.63, 3.8) is 0 Å². The highest BCUT2D eigenvalue weighted by Crippen LogP contribution is 2.47. The fourth-order valence-corrected chi connectivity index (χ4v) is 2.24. The first-order valence-electron chi connectivity index (χ1n) is 6.80. The largest absolute Gasteiger partial charge is 0.355 e. The van der Waals surface area contributed by atoms with Gasteiger partial charge in [-0.2, -0.15) is 0 Å². The molecule has 1 aromatic carbocycles. The zero-order valence-corrected chi connectivity index (χ0v) is 11.3. The number of halogens is 1. The van der Waals surface area contributed by atoms with Gasteiger partial charge in [0, 0.05) is 24.4 Å². The summed E-state index contributed by atoms with van der Waals surface area (Å²) in [5.41, 5.74) is 6.76. The van der Waals surface area contributed by atoms with Gasteiger partial charge in [0.1, 0.15) is 5.82 Å². The minimum absolute atomic E-state index is 0.0255. The topological polar surface area (TPSA) is 55.1 Å². The van der Waals surface area contributed by atoms with E-state index in [9.17, 15) is 9.18 Å². The number of amides is 1. The molecule has 2 rings (SSSR count). The van der Waals surface area contributed by atoms with E-state index in [1.54, 1.807) is 0 Å². The monoisotopic (exact) mass is 264 g/mol. The fraction of sp³-hybridized carbons (Fsp3) is 0.533. The summed E-state index contributed by atoms with van der Waals surface area (Å²) in [6, 6.07) is 6.64. The summed E-state index contributed by atoms with van der Waals surface area (Å²) in [7, 11) is 0. The Labute approximate surface area is 113 Å². The second-order valence-corrected chi connectivity index (χ2v) is 5.58. The smallest absolute Gasteiger partial charge is 0.220 e. The van der Waals surface area contributed by atoms with Crippen LogP contribution in [0, 0.1) is 5.82 Å². The Morgan fingerprint density at radius 1 is 1.42 bits per heavy atom. The van der Waals surface area contributed by atoms with Crippen LogP contribution in [0.3, 0.4) is 0 Å². The maximum Gasteiger partial charge on any atom is 0.220 e. The molecule has 0 heterocycles. The van der Waals surface area contributed by atoms with Crippen molar-refractivity contribution in [2.75, 3.05) is 6.54 Å². The van der Waals surface area contributed by atoms with E-state index >= 15 is 0 Å². The van der Waals surface area contributed by atoms with Crippen LogP contribution in [0.15, 0.2) is 24.3 Å². The Morgan fingerprint density at radius 3 is 2.58 bits per heavy atom. The third kappa shape index (κ3) is 3.77. The second kappa shape index (κ2) is 5.70. The molecule has 1 aliphatic rings. The highest BCUT2D eigenvalue weighted by molar-refractivity contribution is 5.76. The molecule has 1 saturated carbocycles. The molecule has 0 bridgehead atoms. The van der Waals surface area contributed by atoms with E-state index in [4.69, 9.17) is 5.73 Å². The molecular formula is C15H21FN2O. The van der Waals surface area contributed by atoms with Crippen molar-refractivity contribution in [3.05, 3.63) is 35.6 Å². The molecule has 0 saturated heterocycles. The van der Waals surface area contributed by atoms with Crippen LogP contribution < -0.4 is 11.1 Å². The van der Waals surface area contributed by atoms with Gasteiger partial charge in [-0.15, -0.1) is 0 Å². The van der Waals surface area contributed by atoms with Crippen molar-refractivity contribution < 1.29 is 9.18 Å². The van der Waals surface area contributed by atoms with Crippen LogP contribution in [0.25, 0.3) is 0 Å². The Hall–Kier alpha value is -1.42. The lowest BCUT2D eigenvalue weighted by atomic mass is 9.96. The molecule has 4 heteroatoms. The van der Waals surface area contributed by atoms with Crippen molar-refractivity contribution in [2.24, 2.45) is 5.73 Å². The summed E-state index contributed by atoms with van der Waals surface area (Å²) in [6.45, 7) is 2.53. The molecule has 1 aromatic rings. The molecular weight excluding hydrogens is 243 g/mol. The van der Waals surface area contributed by atoms with Crippen LogP contribution in [0.5, 0.6) is 0 Å². The lowest BCUT2D eigenvalue weighted by Crippen LogP contribution is -2.33. The number of hydrogen-bond donors (Lipinski definition) is 2. The van der Waals surface area contributed by atoms with E-state index in [-0.39, 0.29) is 23.2 Å². The van der Waals surface area contributed by atoms with Gasteiger partial charge in [-0.05, 0) is 43.9 Å². The van der Waals surface area contributed by atoms with Crippen molar-refractivity contribution in [3.8, 4) is 0 Å². The third-order valence-corrected chi connectivity index (χ3v) is 3.76. The van der Waals surface area contributed by atoms with Crippen LogP contribution in [0.2, 0.25) is 0 Å². The Kier molecular flexibility index (Phi) is 4.20. The van der Waals surface area contributed by atoms with Crippen molar-refractivity contribution in [1.29, 1.82) is 0 Å². The Morgan fingerprint density at radius 2 is 2.05 bits per heavy atom. The third-order valence-electron chi connectivity index (χ3n) is 3.76. The molecule has 1 fully saturated rings. The normalized spacial score (nSPS) is 17.8. The van der Waals surface area contributed by atoms with Gasteiger partial charge < -0.3 is 11.1 Å². The van der Waals surface area contributed by atoms with Gasteiger partial charge in [0.25, 0.3) is 0 Å². The summed E-state index contributed by atoms with van der Waals surface area (Å²) < 4.78 is 12.9. The molecule has 104 valence electrons. The first-order valence-corrected chi connectivity index (χ1v) is 6.80. The highest BCUT2D eigenvalue weighted by Gasteiger charge is 2.44. The average Bonchev–Trinajstić information content (AvgIpc) is 3.16. The van der Waals surface area contributed by atoms with E-state index in [1.165, 1.54) is 12.1 Å². The Balaban J connectivity index is 1.85. The minimum atomic E-state index is -0.222. The first-order chi connectivity index (χ1) is 9.02. The first kappa shape index (κ1) is 14.0. The Bertz CT molecular complexity index is 438. The fourth-order valence-electron chi connectivity index (χ4n) is 2.24. The summed E-state index contributed by atoms with van der Waals surface area (Å²) in [4.78, 5) is 11.7. The molecule has 0 aliphatic heterocycles. The van der Waals surface area contributed by atoms with Gasteiger partial charge in [-0.3, -0.25) is 4.79 Å². The van der Waals surface area contributed by atoms with Crippen LogP contribution in [-0.2, 0) is 10.2 Å². The lowest BCUT2D eigenvalue weighted by Gasteiger charge is -2.17. The number of benzene rings is 1. The number of hydrogen-bond acceptors (Lipinski definition) is 2. The van der Waals surface area contributed by atoms with Gasteiger partial charge in [0.05, 0.1) is 0 Å². The summed E-state index contributed by atoms with van der Waals surface area (Å²) in [5.74, 6) is -0.175. The SMILES string of the molecule is CC(N)CCC(=O)NCC1(c2ccc(F)cc2)CC1. The minimum Gasteiger partial charge on any atom is -0.355 e. The lowest BCUT2D eigenvalue weighted by molar-refractivity contribution is -0.121. The van der Waals surface area contributed by atoms with E-state index < -0.39 is 0 Å². The van der Waals surface area contributed by atoms with Gasteiger partial charge in [0.15, 0.2) is 0 Å². The molecule has 1 aliphatic carbocycles. The molecule has 3 nitrogen and oxygen atoms in total. The molecule has 0 aromatic heterocycles. The van der Waals surface area contributed by atoms with Gasteiger partial charge in [-0.1, -0.05) is 12.1 Å². The quantitative estimate of drug-likeness (QED) is 0.826. The number of rotatable bonds is 6. The van der Waals surface area contributed by atoms with Gasteiger partial charge in [0.2, 0.25) is 5.91 Å². The summed E-state index contributed by atoms with van der Waals surface area (Å²) in [6.07, 6.45) is 3.27. The van der Waals surface area contributed by atoms with Crippen molar-refractivity contribution in [1.82, 2.24) is 5.32 Å². The molecule has 1 amide bonds. The molecule has 0 spiro atoms.